The molecule has 3 nitrogen and oxygen atoms in total. The van der Waals surface area contributed by atoms with Crippen molar-refractivity contribution in [3.8, 4) is 5.69 Å². The zero-order valence-electron chi connectivity index (χ0n) is 8.48. The smallest absolute Gasteiger partial charge is 0.296 e. The van der Waals surface area contributed by atoms with E-state index in [0.717, 1.165) is 12.1 Å². The van der Waals surface area contributed by atoms with E-state index in [1.807, 2.05) is 0 Å². The van der Waals surface area contributed by atoms with Gasteiger partial charge < -0.3 is 0 Å². The van der Waals surface area contributed by atoms with Gasteiger partial charge in [0.2, 0.25) is 0 Å². The predicted octanol–water partition coefficient (Wildman–Crippen LogP) is 2.70. The molecule has 0 bridgehead atoms. The highest BCUT2D eigenvalue weighted by molar-refractivity contribution is 5.71. The summed E-state index contributed by atoms with van der Waals surface area (Å²) in [5.41, 5.74) is -0.0278. The van der Waals surface area contributed by atoms with Gasteiger partial charge in [-0.2, -0.15) is 18.3 Å². The molecule has 0 spiro atoms. The summed E-state index contributed by atoms with van der Waals surface area (Å²) in [7, 11) is 0. The number of halogens is 3. The second-order valence-corrected chi connectivity index (χ2v) is 3.35. The third kappa shape index (κ3) is 2.35. The highest BCUT2D eigenvalue weighted by Crippen LogP contribution is 2.29. The summed E-state index contributed by atoms with van der Waals surface area (Å²) >= 11 is 0. The van der Waals surface area contributed by atoms with Crippen LogP contribution in [-0.4, -0.2) is 16.1 Å². The number of aromatic nitrogens is 2. The maximum absolute atomic E-state index is 12.3. The van der Waals surface area contributed by atoms with E-state index in [4.69, 9.17) is 0 Å². The molecule has 2 aromatic rings. The van der Waals surface area contributed by atoms with E-state index in [0.29, 0.717) is 12.0 Å². The maximum atomic E-state index is 12.3. The number of carbonyl (C=O) groups is 1. The normalized spacial score (nSPS) is 11.5. The first kappa shape index (κ1) is 11.4. The fraction of sp³-hybridized carbons (Fsp3) is 0.0909. The van der Waals surface area contributed by atoms with Crippen LogP contribution in [0.3, 0.4) is 0 Å². The number of benzene rings is 1. The largest absolute Gasteiger partial charge is 0.416 e. The number of rotatable bonds is 2. The first-order chi connectivity index (χ1) is 8.00. The zero-order valence-corrected chi connectivity index (χ0v) is 8.48. The minimum absolute atomic E-state index is 0.227. The Balaban J connectivity index is 2.32. The second-order valence-electron chi connectivity index (χ2n) is 3.35. The Labute approximate surface area is 94.5 Å². The van der Waals surface area contributed by atoms with E-state index in [-0.39, 0.29) is 5.69 Å². The molecule has 2 rings (SSSR count). The average molecular weight is 240 g/mol. The highest BCUT2D eigenvalue weighted by Gasteiger charge is 2.29. The molecule has 0 amide bonds. The number of hydrogen-bond donors (Lipinski definition) is 0. The van der Waals surface area contributed by atoms with Crippen molar-refractivity contribution in [1.29, 1.82) is 0 Å². The van der Waals surface area contributed by atoms with Crippen molar-refractivity contribution in [3.05, 3.63) is 47.8 Å². The van der Waals surface area contributed by atoms with E-state index in [1.165, 1.54) is 29.1 Å². The number of nitrogens with zero attached hydrogens (tertiary/aromatic N) is 2. The van der Waals surface area contributed by atoms with Crippen molar-refractivity contribution in [3.63, 3.8) is 0 Å². The summed E-state index contributed by atoms with van der Waals surface area (Å²) in [5.74, 6) is 0. The van der Waals surface area contributed by atoms with Crippen LogP contribution in [0.2, 0.25) is 0 Å². The maximum Gasteiger partial charge on any atom is 0.416 e. The fourth-order valence-corrected chi connectivity index (χ4v) is 1.35. The number of alkyl halides is 3. The van der Waals surface area contributed by atoms with Crippen LogP contribution >= 0.6 is 0 Å². The van der Waals surface area contributed by atoms with E-state index in [9.17, 15) is 18.0 Å². The topological polar surface area (TPSA) is 34.9 Å². The van der Waals surface area contributed by atoms with Gasteiger partial charge >= 0.3 is 6.18 Å². The lowest BCUT2D eigenvalue weighted by Gasteiger charge is -2.07. The summed E-state index contributed by atoms with van der Waals surface area (Å²) in [6.45, 7) is 0. The van der Waals surface area contributed by atoms with Crippen molar-refractivity contribution in [1.82, 2.24) is 9.78 Å². The van der Waals surface area contributed by atoms with Gasteiger partial charge in [-0.25, -0.2) is 4.68 Å². The average Bonchev–Trinajstić information content (AvgIpc) is 2.76. The lowest BCUT2D eigenvalue weighted by Crippen LogP contribution is -2.05. The highest BCUT2D eigenvalue weighted by atomic mass is 19.4. The third-order valence-corrected chi connectivity index (χ3v) is 2.19. The molecule has 0 aliphatic heterocycles. The van der Waals surface area contributed by atoms with Crippen LogP contribution in [0.15, 0.2) is 36.5 Å². The molecule has 1 aromatic heterocycles. The lowest BCUT2D eigenvalue weighted by atomic mass is 10.2. The van der Waals surface area contributed by atoms with Gasteiger partial charge in [0, 0.05) is 6.20 Å². The van der Waals surface area contributed by atoms with Crippen molar-refractivity contribution >= 4 is 6.29 Å². The van der Waals surface area contributed by atoms with E-state index < -0.39 is 11.7 Å². The summed E-state index contributed by atoms with van der Waals surface area (Å²) < 4.78 is 38.3. The Kier molecular flexibility index (Phi) is 2.71. The van der Waals surface area contributed by atoms with Gasteiger partial charge in [0.25, 0.3) is 0 Å². The minimum atomic E-state index is -4.35. The van der Waals surface area contributed by atoms with Gasteiger partial charge in [-0.1, -0.05) is 0 Å². The van der Waals surface area contributed by atoms with Crippen LogP contribution in [0, 0.1) is 0 Å². The van der Waals surface area contributed by atoms with Crippen molar-refractivity contribution < 1.29 is 18.0 Å². The van der Waals surface area contributed by atoms with Crippen LogP contribution in [0.25, 0.3) is 5.69 Å². The van der Waals surface area contributed by atoms with E-state index in [2.05, 4.69) is 5.10 Å². The standard InChI is InChI=1S/C11H7F3N2O/c12-11(13,14)8-1-3-10(4-2-8)16-6-5-9(7-17)15-16/h1-7H. The minimum Gasteiger partial charge on any atom is -0.296 e. The molecule has 0 N–H and O–H groups in total. The number of hydrogen-bond acceptors (Lipinski definition) is 2. The summed E-state index contributed by atoms with van der Waals surface area (Å²) in [5, 5.41) is 3.86. The molecule has 1 heterocycles. The molecule has 0 saturated heterocycles. The summed E-state index contributed by atoms with van der Waals surface area (Å²) in [4.78, 5) is 10.4. The molecule has 0 radical (unpaired) electrons. The molecule has 0 aliphatic rings. The molecule has 88 valence electrons. The molecule has 0 unspecified atom stereocenters. The Hall–Kier alpha value is -2.11. The van der Waals surface area contributed by atoms with Gasteiger partial charge in [0.05, 0.1) is 11.3 Å². The van der Waals surface area contributed by atoms with Crippen molar-refractivity contribution in [2.45, 2.75) is 6.18 Å². The molecule has 6 heteroatoms. The van der Waals surface area contributed by atoms with Gasteiger partial charge in [-0.05, 0) is 30.3 Å². The Morgan fingerprint density at radius 1 is 1.12 bits per heavy atom. The molecule has 0 aliphatic carbocycles. The first-order valence-corrected chi connectivity index (χ1v) is 4.69. The number of carbonyl (C=O) groups excluding carboxylic acids is 1. The molecule has 0 fully saturated rings. The van der Waals surface area contributed by atoms with Gasteiger partial charge in [-0.15, -0.1) is 0 Å². The second kappa shape index (κ2) is 4.04. The Morgan fingerprint density at radius 3 is 2.24 bits per heavy atom. The van der Waals surface area contributed by atoms with Crippen LogP contribution in [0.4, 0.5) is 13.2 Å². The summed E-state index contributed by atoms with van der Waals surface area (Å²) in [6.07, 6.45) is -2.27. The molecule has 17 heavy (non-hydrogen) atoms. The predicted molar refractivity (Wildman–Crippen MR) is 54.0 cm³/mol. The Morgan fingerprint density at radius 2 is 1.76 bits per heavy atom. The summed E-state index contributed by atoms with van der Waals surface area (Å²) in [6, 6.07) is 6.01. The van der Waals surface area contributed by atoms with Gasteiger partial charge in [0.1, 0.15) is 5.69 Å². The van der Waals surface area contributed by atoms with Crippen LogP contribution in [0.5, 0.6) is 0 Å². The zero-order chi connectivity index (χ0) is 12.5. The van der Waals surface area contributed by atoms with Crippen LogP contribution in [-0.2, 0) is 6.18 Å². The SMILES string of the molecule is O=Cc1ccn(-c2ccc(C(F)(F)F)cc2)n1. The molecule has 0 saturated carbocycles. The lowest BCUT2D eigenvalue weighted by molar-refractivity contribution is -0.137. The third-order valence-electron chi connectivity index (χ3n) is 2.19. The first-order valence-electron chi connectivity index (χ1n) is 4.69. The monoisotopic (exact) mass is 240 g/mol. The molecule has 1 aromatic carbocycles. The molecule has 0 atom stereocenters. The number of aldehydes is 1. The molecular formula is C11H7F3N2O. The van der Waals surface area contributed by atoms with Crippen molar-refractivity contribution in [2.24, 2.45) is 0 Å². The van der Waals surface area contributed by atoms with Crippen molar-refractivity contribution in [2.75, 3.05) is 0 Å². The van der Waals surface area contributed by atoms with E-state index >= 15 is 0 Å². The fourth-order valence-electron chi connectivity index (χ4n) is 1.35. The molecular weight excluding hydrogens is 233 g/mol. The van der Waals surface area contributed by atoms with Gasteiger partial charge in [-0.3, -0.25) is 4.79 Å². The Bertz CT molecular complexity index is 528. The van der Waals surface area contributed by atoms with E-state index in [1.54, 1.807) is 0 Å². The quantitative estimate of drug-likeness (QED) is 0.756. The van der Waals surface area contributed by atoms with Gasteiger partial charge in [0.15, 0.2) is 6.29 Å². The van der Waals surface area contributed by atoms with Crippen LogP contribution in [0.1, 0.15) is 16.1 Å². The van der Waals surface area contributed by atoms with Crippen LogP contribution < -0.4 is 0 Å².